The quantitative estimate of drug-likeness (QED) is 0.712. The van der Waals surface area contributed by atoms with E-state index in [1.54, 1.807) is 0 Å². The lowest BCUT2D eigenvalue weighted by atomic mass is 9.83. The fourth-order valence-corrected chi connectivity index (χ4v) is 2.89. The van der Waals surface area contributed by atoms with Gasteiger partial charge in [0.25, 0.3) is 0 Å². The number of carbonyl (C=O) groups excluding carboxylic acids is 1. The van der Waals surface area contributed by atoms with Crippen LogP contribution in [0.25, 0.3) is 0 Å². The SMILES string of the molecule is CCN(CC)CCOC(=O)CC(O)(c1ccccc1)c1ccccc1. The van der Waals surface area contributed by atoms with Crippen molar-refractivity contribution in [2.24, 2.45) is 0 Å². The van der Waals surface area contributed by atoms with E-state index in [2.05, 4.69) is 18.7 Å². The zero-order valence-corrected chi connectivity index (χ0v) is 15.0. The van der Waals surface area contributed by atoms with E-state index in [-0.39, 0.29) is 6.42 Å². The molecule has 2 aromatic rings. The van der Waals surface area contributed by atoms with Crippen molar-refractivity contribution in [2.75, 3.05) is 26.2 Å². The van der Waals surface area contributed by atoms with Gasteiger partial charge in [0.05, 0.1) is 6.42 Å². The van der Waals surface area contributed by atoms with Crippen molar-refractivity contribution in [3.63, 3.8) is 0 Å². The highest BCUT2D eigenvalue weighted by molar-refractivity contribution is 5.72. The molecule has 0 saturated carbocycles. The Morgan fingerprint density at radius 2 is 1.44 bits per heavy atom. The van der Waals surface area contributed by atoms with Crippen molar-refractivity contribution in [1.29, 1.82) is 0 Å². The molecule has 2 aromatic carbocycles. The monoisotopic (exact) mass is 341 g/mol. The molecule has 0 aliphatic carbocycles. The first kappa shape index (κ1) is 19.2. The van der Waals surface area contributed by atoms with Crippen molar-refractivity contribution in [2.45, 2.75) is 25.9 Å². The first-order chi connectivity index (χ1) is 12.1. The van der Waals surface area contributed by atoms with Crippen LogP contribution >= 0.6 is 0 Å². The lowest BCUT2D eigenvalue weighted by Gasteiger charge is -2.28. The van der Waals surface area contributed by atoms with Gasteiger partial charge in [-0.15, -0.1) is 0 Å². The zero-order chi connectivity index (χ0) is 18.1. The molecule has 0 unspecified atom stereocenters. The Kier molecular flexibility index (Phi) is 7.16. The summed E-state index contributed by atoms with van der Waals surface area (Å²) in [5.41, 5.74) is -0.0294. The Balaban J connectivity index is 2.11. The molecule has 0 atom stereocenters. The van der Waals surface area contributed by atoms with Crippen LogP contribution in [-0.2, 0) is 15.1 Å². The van der Waals surface area contributed by atoms with Crippen LogP contribution in [0.2, 0.25) is 0 Å². The molecule has 4 heteroatoms. The van der Waals surface area contributed by atoms with Crippen LogP contribution in [0.3, 0.4) is 0 Å². The Hall–Kier alpha value is -2.17. The largest absolute Gasteiger partial charge is 0.464 e. The molecule has 0 fully saturated rings. The molecule has 2 rings (SSSR count). The average Bonchev–Trinajstić information content (AvgIpc) is 2.66. The number of benzene rings is 2. The molecule has 1 N–H and O–H groups in total. The van der Waals surface area contributed by atoms with Crippen molar-refractivity contribution in [1.82, 2.24) is 4.90 Å². The van der Waals surface area contributed by atoms with Gasteiger partial charge in [0, 0.05) is 6.54 Å². The van der Waals surface area contributed by atoms with Crippen molar-refractivity contribution in [3.8, 4) is 0 Å². The van der Waals surface area contributed by atoms with Crippen molar-refractivity contribution < 1.29 is 14.6 Å². The summed E-state index contributed by atoms with van der Waals surface area (Å²) in [5, 5.41) is 11.3. The molecule has 0 aliphatic rings. The predicted molar refractivity (Wildman–Crippen MR) is 99.2 cm³/mol. The Labute approximate surface area is 150 Å². The number of carbonyl (C=O) groups is 1. The average molecular weight is 341 g/mol. The van der Waals surface area contributed by atoms with Crippen molar-refractivity contribution >= 4 is 5.97 Å². The van der Waals surface area contributed by atoms with Gasteiger partial charge in [-0.2, -0.15) is 0 Å². The summed E-state index contributed by atoms with van der Waals surface area (Å²) in [7, 11) is 0. The number of rotatable bonds is 9. The molecule has 0 amide bonds. The second-order valence-corrected chi connectivity index (χ2v) is 6.02. The number of esters is 1. The van der Waals surface area contributed by atoms with Gasteiger partial charge in [0.15, 0.2) is 0 Å². The summed E-state index contributed by atoms with van der Waals surface area (Å²) in [5.74, 6) is -0.401. The van der Waals surface area contributed by atoms with Gasteiger partial charge in [0.1, 0.15) is 12.2 Å². The van der Waals surface area contributed by atoms with E-state index in [1.165, 1.54) is 0 Å². The highest BCUT2D eigenvalue weighted by Gasteiger charge is 2.34. The fourth-order valence-electron chi connectivity index (χ4n) is 2.89. The topological polar surface area (TPSA) is 49.8 Å². The highest BCUT2D eigenvalue weighted by atomic mass is 16.5. The molecule has 0 aromatic heterocycles. The lowest BCUT2D eigenvalue weighted by Crippen LogP contribution is -2.33. The third-order valence-electron chi connectivity index (χ3n) is 4.47. The number of likely N-dealkylation sites (N-methyl/N-ethyl adjacent to an activating group) is 1. The minimum atomic E-state index is -1.39. The van der Waals surface area contributed by atoms with Crippen LogP contribution in [0, 0.1) is 0 Å². The van der Waals surface area contributed by atoms with Gasteiger partial charge in [-0.05, 0) is 24.2 Å². The lowest BCUT2D eigenvalue weighted by molar-refractivity contribution is -0.148. The van der Waals surface area contributed by atoms with Crippen LogP contribution in [0.5, 0.6) is 0 Å². The minimum Gasteiger partial charge on any atom is -0.464 e. The smallest absolute Gasteiger partial charge is 0.309 e. The maximum atomic E-state index is 12.4. The maximum Gasteiger partial charge on any atom is 0.309 e. The van der Waals surface area contributed by atoms with Gasteiger partial charge in [-0.1, -0.05) is 74.5 Å². The summed E-state index contributed by atoms with van der Waals surface area (Å²) >= 11 is 0. The first-order valence-electron chi connectivity index (χ1n) is 8.81. The van der Waals surface area contributed by atoms with Gasteiger partial charge in [-0.25, -0.2) is 0 Å². The second kappa shape index (κ2) is 9.35. The molecular weight excluding hydrogens is 314 g/mol. The van der Waals surface area contributed by atoms with Crippen molar-refractivity contribution in [3.05, 3.63) is 71.8 Å². The predicted octanol–water partition coefficient (Wildman–Crippen LogP) is 3.20. The van der Waals surface area contributed by atoms with E-state index in [9.17, 15) is 9.90 Å². The molecule has 25 heavy (non-hydrogen) atoms. The normalized spacial score (nSPS) is 11.5. The van der Waals surface area contributed by atoms with E-state index in [0.29, 0.717) is 24.3 Å². The van der Waals surface area contributed by atoms with Crippen LogP contribution in [0.1, 0.15) is 31.4 Å². The Morgan fingerprint density at radius 3 is 1.88 bits per heavy atom. The summed E-state index contributed by atoms with van der Waals surface area (Å²) in [6.45, 7) is 7.04. The van der Waals surface area contributed by atoms with Gasteiger partial charge in [0.2, 0.25) is 0 Å². The van der Waals surface area contributed by atoms with Gasteiger partial charge < -0.3 is 14.7 Å². The molecule has 0 aliphatic heterocycles. The van der Waals surface area contributed by atoms with E-state index < -0.39 is 11.6 Å². The molecule has 0 spiro atoms. The van der Waals surface area contributed by atoms with Crippen LogP contribution in [0.15, 0.2) is 60.7 Å². The summed E-state index contributed by atoms with van der Waals surface area (Å²) < 4.78 is 5.37. The minimum absolute atomic E-state index is 0.112. The summed E-state index contributed by atoms with van der Waals surface area (Å²) in [4.78, 5) is 14.6. The van der Waals surface area contributed by atoms with E-state index in [1.807, 2.05) is 60.7 Å². The number of hydrogen-bond donors (Lipinski definition) is 1. The zero-order valence-electron chi connectivity index (χ0n) is 15.0. The van der Waals surface area contributed by atoms with Crippen LogP contribution < -0.4 is 0 Å². The molecule has 0 radical (unpaired) electrons. The fraction of sp³-hybridized carbons (Fsp3) is 0.381. The molecular formula is C21H27NO3. The number of ether oxygens (including phenoxy) is 1. The number of hydrogen-bond acceptors (Lipinski definition) is 4. The third kappa shape index (κ3) is 5.15. The molecule has 134 valence electrons. The van der Waals surface area contributed by atoms with Gasteiger partial charge >= 0.3 is 5.97 Å². The molecule has 0 heterocycles. The number of nitrogens with zero attached hydrogens (tertiary/aromatic N) is 1. The Morgan fingerprint density at radius 1 is 0.960 bits per heavy atom. The van der Waals surface area contributed by atoms with E-state index in [4.69, 9.17) is 4.74 Å². The third-order valence-corrected chi connectivity index (χ3v) is 4.47. The van der Waals surface area contributed by atoms with Crippen LogP contribution in [-0.4, -0.2) is 42.2 Å². The Bertz CT molecular complexity index is 599. The van der Waals surface area contributed by atoms with E-state index in [0.717, 1.165) is 13.1 Å². The summed E-state index contributed by atoms with van der Waals surface area (Å²) in [6, 6.07) is 18.5. The van der Waals surface area contributed by atoms with E-state index >= 15 is 0 Å². The maximum absolute atomic E-state index is 12.4. The second-order valence-electron chi connectivity index (χ2n) is 6.02. The summed E-state index contributed by atoms with van der Waals surface area (Å²) in [6.07, 6.45) is -0.112. The standard InChI is InChI=1S/C21H27NO3/c1-3-22(4-2)15-16-25-20(23)17-21(24,18-11-7-5-8-12-18)19-13-9-6-10-14-19/h5-14,24H,3-4,15-17H2,1-2H3. The molecule has 4 nitrogen and oxygen atoms in total. The van der Waals surface area contributed by atoms with Gasteiger partial charge in [-0.3, -0.25) is 4.79 Å². The molecule has 0 bridgehead atoms. The highest BCUT2D eigenvalue weighted by Crippen LogP contribution is 2.33. The first-order valence-corrected chi connectivity index (χ1v) is 8.81. The van der Waals surface area contributed by atoms with Crippen LogP contribution in [0.4, 0.5) is 0 Å². The number of aliphatic hydroxyl groups is 1. The molecule has 0 saturated heterocycles.